The van der Waals surface area contributed by atoms with Gasteiger partial charge in [0.15, 0.2) is 5.58 Å². The Labute approximate surface area is 92.8 Å². The Kier molecular flexibility index (Phi) is 1.81. The average Bonchev–Trinajstić information content (AvgIpc) is 2.78. The lowest BCUT2D eigenvalue weighted by Gasteiger charge is -1.97. The van der Waals surface area contributed by atoms with Gasteiger partial charge in [0.05, 0.1) is 11.6 Å². The lowest BCUT2D eigenvalue weighted by molar-refractivity contribution is -0.156. The summed E-state index contributed by atoms with van der Waals surface area (Å²) in [5, 5.41) is 0.527. The summed E-state index contributed by atoms with van der Waals surface area (Å²) in [6, 6.07) is 3.07. The fourth-order valence-electron chi connectivity index (χ4n) is 1.81. The van der Waals surface area contributed by atoms with Crippen LogP contribution in [0.1, 0.15) is 11.5 Å². The minimum atomic E-state index is -4.58. The molecule has 0 radical (unpaired) electrons. The predicted octanol–water partition coefficient (Wildman–Crippen LogP) is 3.90. The minimum absolute atomic E-state index is 0.115. The van der Waals surface area contributed by atoms with Gasteiger partial charge < -0.3 is 8.83 Å². The molecule has 0 bridgehead atoms. The van der Waals surface area contributed by atoms with Crippen molar-refractivity contribution in [1.29, 1.82) is 0 Å². The van der Waals surface area contributed by atoms with E-state index in [1.807, 2.05) is 0 Å². The van der Waals surface area contributed by atoms with Crippen LogP contribution in [0.15, 0.2) is 27.2 Å². The van der Waals surface area contributed by atoms with Crippen molar-refractivity contribution in [3.8, 4) is 0 Å². The highest BCUT2D eigenvalue weighted by Crippen LogP contribution is 2.35. The Hall–Kier alpha value is -1.98. The van der Waals surface area contributed by atoms with Crippen LogP contribution in [-0.4, -0.2) is 4.98 Å². The molecule has 0 spiro atoms. The second-order valence-electron chi connectivity index (χ2n) is 3.72. The molecule has 3 nitrogen and oxygen atoms in total. The zero-order valence-electron chi connectivity index (χ0n) is 8.63. The summed E-state index contributed by atoms with van der Waals surface area (Å²) in [6.45, 7) is 1.74. The molecule has 0 saturated carbocycles. The summed E-state index contributed by atoms with van der Waals surface area (Å²) in [5.74, 6) is -1.24. The summed E-state index contributed by atoms with van der Waals surface area (Å²) in [4.78, 5) is 3.47. The fourth-order valence-corrected chi connectivity index (χ4v) is 1.81. The molecule has 2 heterocycles. The molecule has 6 heteroatoms. The number of aromatic nitrogens is 1. The van der Waals surface area contributed by atoms with Crippen LogP contribution in [0.5, 0.6) is 0 Å². The zero-order chi connectivity index (χ0) is 12.2. The Bertz CT molecular complexity index is 708. The van der Waals surface area contributed by atoms with Gasteiger partial charge in [-0.2, -0.15) is 13.2 Å². The lowest BCUT2D eigenvalue weighted by Crippen LogP contribution is -2.04. The molecule has 0 aliphatic heterocycles. The van der Waals surface area contributed by atoms with Crippen LogP contribution in [-0.2, 0) is 6.18 Å². The molecular weight excluding hydrogens is 235 g/mol. The third-order valence-corrected chi connectivity index (χ3v) is 2.52. The van der Waals surface area contributed by atoms with Gasteiger partial charge in [0.2, 0.25) is 0 Å². The van der Waals surface area contributed by atoms with Crippen LogP contribution >= 0.6 is 0 Å². The Morgan fingerprint density at radius 2 is 2.06 bits per heavy atom. The van der Waals surface area contributed by atoms with Crippen molar-refractivity contribution in [3.05, 3.63) is 29.9 Å². The number of alkyl halides is 3. The van der Waals surface area contributed by atoms with Crippen molar-refractivity contribution in [2.45, 2.75) is 13.1 Å². The molecule has 0 N–H and O–H groups in total. The van der Waals surface area contributed by atoms with E-state index in [9.17, 15) is 13.2 Å². The van der Waals surface area contributed by atoms with Crippen LogP contribution in [0.25, 0.3) is 22.1 Å². The van der Waals surface area contributed by atoms with E-state index < -0.39 is 12.1 Å². The van der Waals surface area contributed by atoms with Crippen molar-refractivity contribution >= 4 is 22.1 Å². The van der Waals surface area contributed by atoms with Gasteiger partial charge >= 0.3 is 12.1 Å². The normalized spacial score (nSPS) is 12.7. The number of oxazole rings is 1. The van der Waals surface area contributed by atoms with E-state index in [1.165, 1.54) is 12.3 Å². The molecule has 88 valence electrons. The smallest absolute Gasteiger partial charge is 0.464 e. The molecule has 2 aromatic heterocycles. The molecule has 17 heavy (non-hydrogen) atoms. The summed E-state index contributed by atoms with van der Waals surface area (Å²) < 4.78 is 47.3. The number of nitrogens with zero attached hydrogens (tertiary/aromatic N) is 1. The first-order valence-corrected chi connectivity index (χ1v) is 4.81. The van der Waals surface area contributed by atoms with Gasteiger partial charge in [0.25, 0.3) is 0 Å². The molecule has 0 amide bonds. The third-order valence-electron chi connectivity index (χ3n) is 2.52. The predicted molar refractivity (Wildman–Crippen MR) is 53.5 cm³/mol. The highest BCUT2D eigenvalue weighted by molar-refractivity contribution is 6.02. The quantitative estimate of drug-likeness (QED) is 0.599. The van der Waals surface area contributed by atoms with Gasteiger partial charge in [-0.3, -0.25) is 0 Å². The highest BCUT2D eigenvalue weighted by atomic mass is 19.4. The second kappa shape index (κ2) is 3.03. The number of hydrogen-bond donors (Lipinski definition) is 0. The highest BCUT2D eigenvalue weighted by Gasteiger charge is 2.37. The Morgan fingerprint density at radius 3 is 2.76 bits per heavy atom. The third kappa shape index (κ3) is 1.40. The molecule has 3 rings (SSSR count). The van der Waals surface area contributed by atoms with Gasteiger partial charge in [-0.25, -0.2) is 4.98 Å². The Balaban J connectivity index is 2.43. The first kappa shape index (κ1) is 10.2. The van der Waals surface area contributed by atoms with Crippen LogP contribution < -0.4 is 0 Å². The fraction of sp³-hybridized carbons (Fsp3) is 0.182. The number of rotatable bonds is 0. The van der Waals surface area contributed by atoms with Gasteiger partial charge in [0.1, 0.15) is 11.1 Å². The molecule has 0 aliphatic carbocycles. The SMILES string of the molecule is Cc1cc2oc(C(F)(F)F)nc2c2ccoc12. The van der Waals surface area contributed by atoms with E-state index in [2.05, 4.69) is 4.98 Å². The van der Waals surface area contributed by atoms with E-state index in [-0.39, 0.29) is 11.1 Å². The Morgan fingerprint density at radius 1 is 1.29 bits per heavy atom. The standard InChI is InChI=1S/C11H6F3NO2/c1-5-4-7-8(6-2-3-16-9(5)6)15-10(17-7)11(12,13)14/h2-4H,1H3. The average molecular weight is 241 g/mol. The van der Waals surface area contributed by atoms with Crippen molar-refractivity contribution in [1.82, 2.24) is 4.98 Å². The largest absolute Gasteiger partial charge is 0.468 e. The first-order valence-electron chi connectivity index (χ1n) is 4.81. The zero-order valence-corrected chi connectivity index (χ0v) is 8.63. The molecule has 0 unspecified atom stereocenters. The molecule has 1 aromatic carbocycles. The van der Waals surface area contributed by atoms with Gasteiger partial charge in [-0.15, -0.1) is 0 Å². The number of halogens is 3. The summed E-state index contributed by atoms with van der Waals surface area (Å²) in [6.07, 6.45) is -3.16. The van der Waals surface area contributed by atoms with Crippen LogP contribution in [0.3, 0.4) is 0 Å². The van der Waals surface area contributed by atoms with Gasteiger partial charge in [-0.1, -0.05) is 0 Å². The molecular formula is C11H6F3NO2. The van der Waals surface area contributed by atoms with Crippen molar-refractivity contribution in [2.75, 3.05) is 0 Å². The van der Waals surface area contributed by atoms with E-state index in [4.69, 9.17) is 8.83 Å². The van der Waals surface area contributed by atoms with Gasteiger partial charge in [-0.05, 0) is 24.6 Å². The lowest BCUT2D eigenvalue weighted by atomic mass is 10.1. The van der Waals surface area contributed by atoms with E-state index in [1.54, 1.807) is 13.0 Å². The van der Waals surface area contributed by atoms with Crippen molar-refractivity contribution < 1.29 is 22.0 Å². The molecule has 0 fully saturated rings. The maximum absolute atomic E-state index is 12.5. The number of fused-ring (bicyclic) bond motifs is 3. The number of benzene rings is 1. The van der Waals surface area contributed by atoms with Crippen molar-refractivity contribution in [2.24, 2.45) is 0 Å². The molecule has 3 aromatic rings. The summed E-state index contributed by atoms with van der Waals surface area (Å²) in [7, 11) is 0. The van der Waals surface area contributed by atoms with Crippen LogP contribution in [0, 0.1) is 6.92 Å². The van der Waals surface area contributed by atoms with E-state index in [0.717, 1.165) is 0 Å². The monoisotopic (exact) mass is 241 g/mol. The van der Waals surface area contributed by atoms with Crippen LogP contribution in [0.2, 0.25) is 0 Å². The topological polar surface area (TPSA) is 39.2 Å². The second-order valence-corrected chi connectivity index (χ2v) is 3.72. The summed E-state index contributed by atoms with van der Waals surface area (Å²) >= 11 is 0. The van der Waals surface area contributed by atoms with E-state index in [0.29, 0.717) is 16.5 Å². The maximum atomic E-state index is 12.5. The minimum Gasteiger partial charge on any atom is -0.464 e. The number of hydrogen-bond acceptors (Lipinski definition) is 3. The van der Waals surface area contributed by atoms with Crippen LogP contribution in [0.4, 0.5) is 13.2 Å². The van der Waals surface area contributed by atoms with E-state index >= 15 is 0 Å². The molecule has 0 aliphatic rings. The van der Waals surface area contributed by atoms with Gasteiger partial charge in [0, 0.05) is 0 Å². The summed E-state index contributed by atoms with van der Waals surface area (Å²) in [5.41, 5.74) is 1.53. The first-order chi connectivity index (χ1) is 7.97. The molecule has 0 atom stereocenters. The number of aryl methyl sites for hydroxylation is 1. The van der Waals surface area contributed by atoms with Crippen molar-refractivity contribution in [3.63, 3.8) is 0 Å². The number of furan rings is 1. The molecule has 0 saturated heterocycles. The maximum Gasteiger partial charge on any atom is 0.468 e.